The number of unbranched alkanes of at least 4 members (excludes halogenated alkanes) is 2. The zero-order valence-corrected chi connectivity index (χ0v) is 20.7. The highest BCUT2D eigenvalue weighted by Crippen LogP contribution is 2.19. The topological polar surface area (TPSA) is 65.7 Å². The maximum atomic E-state index is 5.72. The van der Waals surface area contributed by atoms with Crippen molar-refractivity contribution >= 4 is 29.9 Å². The molecule has 0 radical (unpaired) electrons. The largest absolute Gasteiger partial charge is 0.444 e. The third kappa shape index (κ3) is 8.68. The highest BCUT2D eigenvalue weighted by atomic mass is 127. The number of likely N-dealkylation sites (tertiary alicyclic amines) is 1. The maximum Gasteiger partial charge on any atom is 0.208 e. The van der Waals surface area contributed by atoms with E-state index in [0.29, 0.717) is 12.0 Å². The fraction of sp³-hybridized carbons (Fsp3) is 0.810. The third-order valence-corrected chi connectivity index (χ3v) is 5.54. The van der Waals surface area contributed by atoms with Crippen LogP contribution in [0.1, 0.15) is 69.7 Å². The molecule has 28 heavy (non-hydrogen) atoms. The fourth-order valence-corrected chi connectivity index (χ4v) is 3.59. The summed E-state index contributed by atoms with van der Waals surface area (Å²) in [5, 5.41) is 7.05. The van der Waals surface area contributed by atoms with E-state index in [1.807, 2.05) is 20.9 Å². The average molecular weight is 505 g/mol. The van der Waals surface area contributed by atoms with Gasteiger partial charge in [-0.1, -0.05) is 26.2 Å². The first-order valence-electron chi connectivity index (χ1n) is 10.6. The average Bonchev–Trinajstić information content (AvgIpc) is 2.97. The van der Waals surface area contributed by atoms with Crippen molar-refractivity contribution in [2.45, 2.75) is 78.8 Å². The summed E-state index contributed by atoms with van der Waals surface area (Å²) in [6.07, 6.45) is 7.47. The number of halogens is 1. The first-order valence-corrected chi connectivity index (χ1v) is 10.6. The van der Waals surface area contributed by atoms with Gasteiger partial charge in [0.1, 0.15) is 5.76 Å². The summed E-state index contributed by atoms with van der Waals surface area (Å²) in [5.41, 5.74) is 1.01. The van der Waals surface area contributed by atoms with Gasteiger partial charge in [-0.05, 0) is 59.0 Å². The Labute approximate surface area is 188 Å². The molecule has 0 aromatic carbocycles. The Balaban J connectivity index is 0.00000392. The summed E-state index contributed by atoms with van der Waals surface area (Å²) in [5.74, 6) is 3.42. The van der Waals surface area contributed by atoms with Gasteiger partial charge in [0.25, 0.3) is 0 Å². The molecule has 162 valence electrons. The normalized spacial score (nSPS) is 17.2. The number of hydrogen-bond donors (Lipinski definition) is 2. The van der Waals surface area contributed by atoms with Crippen molar-refractivity contribution in [3.63, 3.8) is 0 Å². The molecule has 6 nitrogen and oxygen atoms in total. The summed E-state index contributed by atoms with van der Waals surface area (Å²) in [4.78, 5) is 11.3. The molecule has 0 aliphatic carbocycles. The van der Waals surface area contributed by atoms with Gasteiger partial charge in [-0.3, -0.25) is 9.89 Å². The van der Waals surface area contributed by atoms with E-state index in [0.717, 1.165) is 49.5 Å². The summed E-state index contributed by atoms with van der Waals surface area (Å²) in [6.45, 7) is 12.5. The maximum absolute atomic E-state index is 5.72. The standard InChI is InChI=1S/C21H39N5O.HI/c1-6-7-8-9-16(2)24-21(22-5)23-14-19-10-12-26(13-11-19)15-20-25-17(3)18(4)27-20;/h16,19H,6-15H2,1-5H3,(H2,22,23,24);1H. The van der Waals surface area contributed by atoms with E-state index in [1.165, 1.54) is 38.5 Å². The Morgan fingerprint density at radius 2 is 2.00 bits per heavy atom. The minimum atomic E-state index is 0. The van der Waals surface area contributed by atoms with E-state index in [2.05, 4.69) is 39.4 Å². The van der Waals surface area contributed by atoms with Crippen LogP contribution in [0.3, 0.4) is 0 Å². The van der Waals surface area contributed by atoms with Crippen LogP contribution < -0.4 is 10.6 Å². The van der Waals surface area contributed by atoms with Gasteiger partial charge in [-0.2, -0.15) is 0 Å². The van der Waals surface area contributed by atoms with Crippen LogP contribution in [0.2, 0.25) is 0 Å². The lowest BCUT2D eigenvalue weighted by Gasteiger charge is -2.31. The zero-order chi connectivity index (χ0) is 19.6. The van der Waals surface area contributed by atoms with E-state index in [4.69, 9.17) is 4.42 Å². The lowest BCUT2D eigenvalue weighted by atomic mass is 9.97. The Kier molecular flexibility index (Phi) is 12.1. The first kappa shape index (κ1) is 25.2. The summed E-state index contributed by atoms with van der Waals surface area (Å²) < 4.78 is 5.72. The molecule has 2 N–H and O–H groups in total. The summed E-state index contributed by atoms with van der Waals surface area (Å²) in [7, 11) is 1.86. The first-order chi connectivity index (χ1) is 13.0. The Morgan fingerprint density at radius 3 is 2.57 bits per heavy atom. The Bertz CT molecular complexity index is 562. The van der Waals surface area contributed by atoms with Crippen LogP contribution >= 0.6 is 24.0 Å². The van der Waals surface area contributed by atoms with Crippen molar-refractivity contribution in [3.05, 3.63) is 17.3 Å². The van der Waals surface area contributed by atoms with Crippen LogP contribution in [0.4, 0.5) is 0 Å². The molecule has 7 heteroatoms. The highest BCUT2D eigenvalue weighted by molar-refractivity contribution is 14.0. The second-order valence-electron chi connectivity index (χ2n) is 7.96. The lowest BCUT2D eigenvalue weighted by Crippen LogP contribution is -2.45. The predicted octanol–water partition coefficient (Wildman–Crippen LogP) is 4.26. The molecule has 1 atom stereocenters. The van der Waals surface area contributed by atoms with Gasteiger partial charge in [0.05, 0.1) is 12.2 Å². The highest BCUT2D eigenvalue weighted by Gasteiger charge is 2.21. The monoisotopic (exact) mass is 505 g/mol. The zero-order valence-electron chi connectivity index (χ0n) is 18.4. The van der Waals surface area contributed by atoms with Gasteiger partial charge >= 0.3 is 0 Å². The van der Waals surface area contributed by atoms with Crippen LogP contribution in [0.15, 0.2) is 9.41 Å². The molecule has 1 aliphatic heterocycles. The number of oxazole rings is 1. The Morgan fingerprint density at radius 1 is 1.29 bits per heavy atom. The quantitative estimate of drug-likeness (QED) is 0.227. The van der Waals surface area contributed by atoms with E-state index in [-0.39, 0.29) is 24.0 Å². The predicted molar refractivity (Wildman–Crippen MR) is 127 cm³/mol. The van der Waals surface area contributed by atoms with Crippen molar-refractivity contribution in [2.75, 3.05) is 26.7 Å². The van der Waals surface area contributed by atoms with Crippen LogP contribution in [0.25, 0.3) is 0 Å². The Hall–Kier alpha value is -0.830. The molecule has 1 aromatic rings. The SMILES string of the molecule is CCCCCC(C)NC(=NC)NCC1CCN(Cc2nc(C)c(C)o2)CC1.I. The number of guanidine groups is 1. The molecule has 1 saturated heterocycles. The van der Waals surface area contributed by atoms with E-state index in [1.54, 1.807) is 0 Å². The molecule has 1 fully saturated rings. The van der Waals surface area contributed by atoms with Gasteiger partial charge in [0.2, 0.25) is 5.89 Å². The molecule has 0 saturated carbocycles. The van der Waals surface area contributed by atoms with E-state index >= 15 is 0 Å². The second-order valence-corrected chi connectivity index (χ2v) is 7.96. The van der Waals surface area contributed by atoms with Crippen LogP contribution in [0, 0.1) is 19.8 Å². The number of rotatable bonds is 9. The number of piperidine rings is 1. The minimum Gasteiger partial charge on any atom is -0.444 e. The number of nitrogens with zero attached hydrogens (tertiary/aromatic N) is 3. The number of aromatic nitrogens is 1. The lowest BCUT2D eigenvalue weighted by molar-refractivity contribution is 0.164. The van der Waals surface area contributed by atoms with Crippen LogP contribution in [-0.2, 0) is 6.54 Å². The molecule has 1 aromatic heterocycles. The number of aryl methyl sites for hydroxylation is 2. The van der Waals surface area contributed by atoms with Crippen molar-refractivity contribution in [1.82, 2.24) is 20.5 Å². The molecular formula is C21H40IN5O. The van der Waals surface area contributed by atoms with E-state index < -0.39 is 0 Å². The van der Waals surface area contributed by atoms with E-state index in [9.17, 15) is 0 Å². The minimum absolute atomic E-state index is 0. The molecule has 0 amide bonds. The van der Waals surface area contributed by atoms with Gasteiger partial charge in [-0.25, -0.2) is 4.98 Å². The van der Waals surface area contributed by atoms with Crippen LogP contribution in [-0.4, -0.2) is 48.6 Å². The smallest absolute Gasteiger partial charge is 0.208 e. The number of hydrogen-bond acceptors (Lipinski definition) is 4. The third-order valence-electron chi connectivity index (χ3n) is 5.54. The van der Waals surface area contributed by atoms with Gasteiger partial charge in [0.15, 0.2) is 5.96 Å². The molecular weight excluding hydrogens is 465 g/mol. The van der Waals surface area contributed by atoms with Gasteiger partial charge < -0.3 is 15.1 Å². The number of aliphatic imine (C=N–C) groups is 1. The molecule has 0 spiro atoms. The molecule has 2 heterocycles. The van der Waals surface area contributed by atoms with Crippen molar-refractivity contribution < 1.29 is 4.42 Å². The molecule has 0 bridgehead atoms. The second kappa shape index (κ2) is 13.4. The fourth-order valence-electron chi connectivity index (χ4n) is 3.59. The molecule has 1 aliphatic rings. The van der Waals surface area contributed by atoms with Gasteiger partial charge in [-0.15, -0.1) is 24.0 Å². The van der Waals surface area contributed by atoms with Crippen molar-refractivity contribution in [3.8, 4) is 0 Å². The van der Waals surface area contributed by atoms with Gasteiger partial charge in [0, 0.05) is 19.6 Å². The number of nitrogens with one attached hydrogen (secondary N) is 2. The van der Waals surface area contributed by atoms with Crippen molar-refractivity contribution in [2.24, 2.45) is 10.9 Å². The van der Waals surface area contributed by atoms with Crippen LogP contribution in [0.5, 0.6) is 0 Å². The van der Waals surface area contributed by atoms with Crippen molar-refractivity contribution in [1.29, 1.82) is 0 Å². The molecule has 1 unspecified atom stereocenters. The summed E-state index contributed by atoms with van der Waals surface area (Å²) in [6, 6.07) is 0.470. The molecule has 2 rings (SSSR count). The summed E-state index contributed by atoms with van der Waals surface area (Å²) >= 11 is 0.